The molecule has 0 unspecified atom stereocenters. The molecule has 0 rings (SSSR count). The van der Waals surface area contributed by atoms with Crippen molar-refractivity contribution in [2.45, 2.75) is 20.3 Å². The number of hydrogen-bond acceptors (Lipinski definition) is 1. The maximum Gasteiger partial charge on any atom is 0.0666 e. The van der Waals surface area contributed by atoms with Crippen LogP contribution in [0, 0.1) is 11.3 Å². The number of hydrogen-bond donors (Lipinski definition) is 0. The molecule has 0 aliphatic heterocycles. The molecule has 0 aliphatic carbocycles. The first-order valence-electron chi connectivity index (χ1n) is 2.30. The van der Waals surface area contributed by atoms with Crippen molar-refractivity contribution in [1.29, 1.82) is 5.26 Å². The molecule has 0 saturated heterocycles. The maximum absolute atomic E-state index is 8.08. The number of rotatable bonds is 1. The monoisotopic (exact) mass is 95.1 g/mol. The highest BCUT2D eigenvalue weighted by atomic mass is 14.2. The van der Waals surface area contributed by atoms with Gasteiger partial charge in [-0.1, -0.05) is 11.6 Å². The molecule has 0 aromatic heterocycles. The van der Waals surface area contributed by atoms with E-state index in [1.165, 1.54) is 0 Å². The second kappa shape index (κ2) is 3.42. The molecule has 38 valence electrons. The molecule has 0 aromatic carbocycles. The predicted molar refractivity (Wildman–Crippen MR) is 29.7 cm³/mol. The Bertz CT molecular complexity index is 106. The molecular formula is C6H9N. The Balaban J connectivity index is 3.43. The third-order valence-electron chi connectivity index (χ3n) is 0.851. The van der Waals surface area contributed by atoms with E-state index in [4.69, 9.17) is 5.26 Å². The SMILES string of the molecule is C/C=C(/C)CC#N. The van der Waals surface area contributed by atoms with Crippen molar-refractivity contribution >= 4 is 0 Å². The lowest BCUT2D eigenvalue weighted by Gasteiger charge is -1.82. The van der Waals surface area contributed by atoms with Gasteiger partial charge < -0.3 is 0 Å². The van der Waals surface area contributed by atoms with Crippen molar-refractivity contribution in [1.82, 2.24) is 0 Å². The standard InChI is InChI=1S/C6H9N/c1-3-6(2)4-5-7/h3H,4H2,1-2H3/b6-3-. The molecule has 0 aliphatic rings. The molecule has 0 amide bonds. The molecule has 1 heteroatoms. The van der Waals surface area contributed by atoms with Crippen LogP contribution in [0.1, 0.15) is 20.3 Å². The summed E-state index contributed by atoms with van der Waals surface area (Å²) in [7, 11) is 0. The summed E-state index contributed by atoms with van der Waals surface area (Å²) in [5.74, 6) is 0. The summed E-state index contributed by atoms with van der Waals surface area (Å²) in [5.41, 5.74) is 1.14. The Morgan fingerprint density at radius 3 is 2.57 bits per heavy atom. The predicted octanol–water partition coefficient (Wildman–Crippen LogP) is 1.87. The van der Waals surface area contributed by atoms with E-state index in [0.29, 0.717) is 6.42 Å². The number of nitrogens with zero attached hydrogens (tertiary/aromatic N) is 1. The average molecular weight is 95.1 g/mol. The van der Waals surface area contributed by atoms with E-state index in [1.54, 1.807) is 0 Å². The lowest BCUT2D eigenvalue weighted by Crippen LogP contribution is -1.67. The van der Waals surface area contributed by atoms with Crippen molar-refractivity contribution in [3.8, 4) is 6.07 Å². The second-order valence-corrected chi connectivity index (χ2v) is 1.47. The fourth-order valence-electron chi connectivity index (χ4n) is 0.227. The van der Waals surface area contributed by atoms with Gasteiger partial charge in [0.15, 0.2) is 0 Å². The first-order valence-corrected chi connectivity index (χ1v) is 2.30. The highest BCUT2D eigenvalue weighted by Gasteiger charge is 1.79. The van der Waals surface area contributed by atoms with Crippen molar-refractivity contribution in [3.63, 3.8) is 0 Å². The van der Waals surface area contributed by atoms with Gasteiger partial charge in [0.1, 0.15) is 0 Å². The van der Waals surface area contributed by atoms with E-state index < -0.39 is 0 Å². The topological polar surface area (TPSA) is 23.8 Å². The van der Waals surface area contributed by atoms with Crippen LogP contribution in [0.3, 0.4) is 0 Å². The normalized spacial score (nSPS) is 10.7. The Morgan fingerprint density at radius 1 is 1.86 bits per heavy atom. The summed E-state index contributed by atoms with van der Waals surface area (Å²) in [4.78, 5) is 0. The van der Waals surface area contributed by atoms with Crippen LogP contribution in [0.2, 0.25) is 0 Å². The van der Waals surface area contributed by atoms with Crippen LogP contribution in [-0.4, -0.2) is 0 Å². The summed E-state index contributed by atoms with van der Waals surface area (Å²) < 4.78 is 0. The summed E-state index contributed by atoms with van der Waals surface area (Å²) >= 11 is 0. The van der Waals surface area contributed by atoms with Crippen LogP contribution >= 0.6 is 0 Å². The Labute approximate surface area is 44.3 Å². The zero-order valence-corrected chi connectivity index (χ0v) is 4.73. The van der Waals surface area contributed by atoms with Crippen LogP contribution < -0.4 is 0 Å². The summed E-state index contributed by atoms with van der Waals surface area (Å²) in [5, 5.41) is 8.08. The third kappa shape index (κ3) is 3.05. The van der Waals surface area contributed by atoms with E-state index in [1.807, 2.05) is 19.9 Å². The Morgan fingerprint density at radius 2 is 2.43 bits per heavy atom. The summed E-state index contributed by atoms with van der Waals surface area (Å²) in [6.07, 6.45) is 2.51. The fraction of sp³-hybridized carbons (Fsp3) is 0.500. The molecule has 0 N–H and O–H groups in total. The van der Waals surface area contributed by atoms with E-state index in [-0.39, 0.29) is 0 Å². The Hall–Kier alpha value is -0.770. The van der Waals surface area contributed by atoms with Crippen molar-refractivity contribution in [3.05, 3.63) is 11.6 Å². The molecular weight excluding hydrogens is 86.1 g/mol. The quantitative estimate of drug-likeness (QED) is 0.456. The zero-order chi connectivity index (χ0) is 5.70. The van der Waals surface area contributed by atoms with Gasteiger partial charge in [0.2, 0.25) is 0 Å². The van der Waals surface area contributed by atoms with E-state index in [0.717, 1.165) is 5.57 Å². The van der Waals surface area contributed by atoms with Gasteiger partial charge in [-0.2, -0.15) is 5.26 Å². The van der Waals surface area contributed by atoms with Crippen LogP contribution in [0.25, 0.3) is 0 Å². The van der Waals surface area contributed by atoms with Gasteiger partial charge in [0.05, 0.1) is 12.5 Å². The lowest BCUT2D eigenvalue weighted by molar-refractivity contribution is 1.20. The van der Waals surface area contributed by atoms with Gasteiger partial charge in [0.25, 0.3) is 0 Å². The van der Waals surface area contributed by atoms with Crippen LogP contribution in [0.5, 0.6) is 0 Å². The maximum atomic E-state index is 8.08. The third-order valence-corrected chi connectivity index (χ3v) is 0.851. The molecule has 0 saturated carbocycles. The summed E-state index contributed by atoms with van der Waals surface area (Å²) in [6, 6.07) is 2.05. The lowest BCUT2D eigenvalue weighted by atomic mass is 10.2. The van der Waals surface area contributed by atoms with E-state index in [9.17, 15) is 0 Å². The second-order valence-electron chi connectivity index (χ2n) is 1.47. The van der Waals surface area contributed by atoms with Crippen molar-refractivity contribution < 1.29 is 0 Å². The van der Waals surface area contributed by atoms with E-state index >= 15 is 0 Å². The first-order chi connectivity index (χ1) is 3.31. The molecule has 1 nitrogen and oxygen atoms in total. The molecule has 0 fully saturated rings. The zero-order valence-electron chi connectivity index (χ0n) is 4.73. The van der Waals surface area contributed by atoms with Gasteiger partial charge in [0, 0.05) is 0 Å². The minimum atomic E-state index is 0.566. The molecule has 0 radical (unpaired) electrons. The van der Waals surface area contributed by atoms with Crippen LogP contribution in [-0.2, 0) is 0 Å². The highest BCUT2D eigenvalue weighted by Crippen LogP contribution is 1.94. The number of allylic oxidation sites excluding steroid dienone is 2. The molecule has 0 heterocycles. The fourth-order valence-corrected chi connectivity index (χ4v) is 0.227. The van der Waals surface area contributed by atoms with Crippen LogP contribution in [0.15, 0.2) is 11.6 Å². The smallest absolute Gasteiger partial charge is 0.0666 e. The van der Waals surface area contributed by atoms with Crippen molar-refractivity contribution in [2.75, 3.05) is 0 Å². The van der Waals surface area contributed by atoms with Gasteiger partial charge in [-0.25, -0.2) is 0 Å². The van der Waals surface area contributed by atoms with Gasteiger partial charge >= 0.3 is 0 Å². The van der Waals surface area contributed by atoms with Gasteiger partial charge in [-0.05, 0) is 13.8 Å². The van der Waals surface area contributed by atoms with E-state index in [2.05, 4.69) is 6.07 Å². The highest BCUT2D eigenvalue weighted by molar-refractivity contribution is 5.02. The molecule has 0 atom stereocenters. The molecule has 0 spiro atoms. The van der Waals surface area contributed by atoms with Gasteiger partial charge in [-0.3, -0.25) is 0 Å². The molecule has 7 heavy (non-hydrogen) atoms. The Kier molecular flexibility index (Phi) is 3.04. The van der Waals surface area contributed by atoms with Crippen molar-refractivity contribution in [2.24, 2.45) is 0 Å². The molecule has 0 bridgehead atoms. The number of nitriles is 1. The van der Waals surface area contributed by atoms with Crippen LogP contribution in [0.4, 0.5) is 0 Å². The molecule has 0 aromatic rings. The minimum absolute atomic E-state index is 0.566. The first kappa shape index (κ1) is 6.23. The van der Waals surface area contributed by atoms with Gasteiger partial charge in [-0.15, -0.1) is 0 Å². The largest absolute Gasteiger partial charge is 0.198 e. The minimum Gasteiger partial charge on any atom is -0.198 e. The average Bonchev–Trinajstić information content (AvgIpc) is 1.68. The summed E-state index contributed by atoms with van der Waals surface area (Å²) in [6.45, 7) is 3.88.